The average Bonchev–Trinajstić information content (AvgIpc) is 2.49. The molecule has 4 heteroatoms. The van der Waals surface area contributed by atoms with Crippen LogP contribution in [0.2, 0.25) is 0 Å². The number of hydrogen-bond donors (Lipinski definition) is 0. The second-order valence-electron chi connectivity index (χ2n) is 8.01. The first-order chi connectivity index (χ1) is 9.00. The van der Waals surface area contributed by atoms with Gasteiger partial charge < -0.3 is 9.80 Å². The third kappa shape index (κ3) is 5.14. The second kappa shape index (κ2) is 6.15. The predicted molar refractivity (Wildman–Crippen MR) is 81.3 cm³/mol. The van der Waals surface area contributed by atoms with E-state index in [1.165, 1.54) is 0 Å². The van der Waals surface area contributed by atoms with Crippen molar-refractivity contribution in [3.8, 4) is 0 Å². The van der Waals surface area contributed by atoms with E-state index < -0.39 is 0 Å². The molecule has 0 aromatic carbocycles. The third-order valence-electron chi connectivity index (χ3n) is 3.46. The monoisotopic (exact) mass is 282 g/mol. The summed E-state index contributed by atoms with van der Waals surface area (Å²) >= 11 is 0. The van der Waals surface area contributed by atoms with E-state index in [1.807, 2.05) is 30.6 Å². The lowest BCUT2D eigenvalue weighted by Crippen LogP contribution is -2.42. The van der Waals surface area contributed by atoms with Crippen LogP contribution in [0.5, 0.6) is 0 Å². The highest BCUT2D eigenvalue weighted by atomic mass is 16.2. The molecule has 1 aliphatic rings. The lowest BCUT2D eigenvalue weighted by molar-refractivity contribution is -0.140. The Bertz CT molecular complexity index is 364. The zero-order valence-corrected chi connectivity index (χ0v) is 14.0. The predicted octanol–water partition coefficient (Wildman–Crippen LogP) is 2.53. The molecule has 0 aromatic heterocycles. The Labute approximate surface area is 123 Å². The molecule has 0 aliphatic carbocycles. The third-order valence-corrected chi connectivity index (χ3v) is 3.46. The molecule has 4 nitrogen and oxygen atoms in total. The summed E-state index contributed by atoms with van der Waals surface area (Å²) in [4.78, 5) is 28.4. The van der Waals surface area contributed by atoms with Gasteiger partial charge in [0, 0.05) is 38.0 Å². The van der Waals surface area contributed by atoms with E-state index in [0.29, 0.717) is 19.5 Å². The van der Waals surface area contributed by atoms with E-state index in [-0.39, 0.29) is 22.6 Å². The highest BCUT2D eigenvalue weighted by Gasteiger charge is 2.30. The van der Waals surface area contributed by atoms with Crippen LogP contribution in [0.3, 0.4) is 0 Å². The maximum absolute atomic E-state index is 12.3. The fraction of sp³-hybridized carbons (Fsp3) is 0.875. The van der Waals surface area contributed by atoms with Crippen molar-refractivity contribution in [2.24, 2.45) is 10.8 Å². The topological polar surface area (TPSA) is 40.6 Å². The molecular weight excluding hydrogens is 252 g/mol. The molecule has 0 saturated carbocycles. The molecule has 1 aliphatic heterocycles. The van der Waals surface area contributed by atoms with Crippen LogP contribution < -0.4 is 0 Å². The maximum atomic E-state index is 12.3. The minimum Gasteiger partial charge on any atom is -0.341 e. The molecule has 0 bridgehead atoms. The van der Waals surface area contributed by atoms with Gasteiger partial charge in [-0.1, -0.05) is 41.5 Å². The second-order valence-corrected chi connectivity index (χ2v) is 8.01. The van der Waals surface area contributed by atoms with E-state index in [9.17, 15) is 9.59 Å². The van der Waals surface area contributed by atoms with Gasteiger partial charge in [-0.15, -0.1) is 0 Å². The zero-order chi connectivity index (χ0) is 15.6. The molecule has 0 atom stereocenters. The Hall–Kier alpha value is -1.06. The summed E-state index contributed by atoms with van der Waals surface area (Å²) in [5, 5.41) is 0. The number of amides is 2. The summed E-state index contributed by atoms with van der Waals surface area (Å²) in [6.45, 7) is 14.9. The van der Waals surface area contributed by atoms with Crippen LogP contribution in [0, 0.1) is 10.8 Å². The van der Waals surface area contributed by atoms with E-state index in [4.69, 9.17) is 0 Å². The molecule has 1 fully saturated rings. The number of carbonyl (C=O) groups excluding carboxylic acids is 2. The summed E-state index contributed by atoms with van der Waals surface area (Å²) in [6.07, 6.45) is 1.44. The van der Waals surface area contributed by atoms with Crippen molar-refractivity contribution in [2.75, 3.05) is 26.2 Å². The van der Waals surface area contributed by atoms with Crippen molar-refractivity contribution in [3.05, 3.63) is 0 Å². The quantitative estimate of drug-likeness (QED) is 0.741. The van der Waals surface area contributed by atoms with Gasteiger partial charge >= 0.3 is 0 Å². The Balaban J connectivity index is 2.60. The van der Waals surface area contributed by atoms with Gasteiger partial charge in [-0.3, -0.25) is 9.59 Å². The van der Waals surface area contributed by atoms with Gasteiger partial charge in [-0.05, 0) is 11.8 Å². The van der Waals surface area contributed by atoms with Crippen molar-refractivity contribution < 1.29 is 9.59 Å². The molecular formula is C16H30N2O2. The van der Waals surface area contributed by atoms with Crippen molar-refractivity contribution in [2.45, 2.75) is 54.4 Å². The molecule has 0 N–H and O–H groups in total. The van der Waals surface area contributed by atoms with Crippen LogP contribution in [-0.4, -0.2) is 47.8 Å². The number of hydrogen-bond acceptors (Lipinski definition) is 2. The summed E-state index contributed by atoms with van der Waals surface area (Å²) < 4.78 is 0. The van der Waals surface area contributed by atoms with Gasteiger partial charge in [0.2, 0.25) is 11.8 Å². The molecule has 1 heterocycles. The minimum absolute atomic E-state index is 0.0182. The Kier molecular flexibility index (Phi) is 5.22. The van der Waals surface area contributed by atoms with Crippen LogP contribution in [-0.2, 0) is 9.59 Å². The van der Waals surface area contributed by atoms with E-state index in [0.717, 1.165) is 19.5 Å². The minimum atomic E-state index is -0.343. The molecule has 2 amide bonds. The Morgan fingerprint density at radius 1 is 0.850 bits per heavy atom. The first-order valence-corrected chi connectivity index (χ1v) is 7.58. The van der Waals surface area contributed by atoms with E-state index >= 15 is 0 Å². The summed E-state index contributed by atoms with van der Waals surface area (Å²) in [5.41, 5.74) is -0.325. The van der Waals surface area contributed by atoms with Gasteiger partial charge in [0.05, 0.1) is 0 Å². The SMILES string of the molecule is CC(C)(C)CC(=O)N1CCCN(C(=O)C(C)(C)C)CC1. The van der Waals surface area contributed by atoms with Gasteiger partial charge in [-0.25, -0.2) is 0 Å². The Morgan fingerprint density at radius 3 is 1.85 bits per heavy atom. The van der Waals surface area contributed by atoms with Crippen LogP contribution in [0.15, 0.2) is 0 Å². The highest BCUT2D eigenvalue weighted by Crippen LogP contribution is 2.22. The molecule has 0 radical (unpaired) electrons. The standard InChI is InChI=1S/C16H30N2O2/c1-15(2,3)12-13(19)17-8-7-9-18(11-10-17)14(20)16(4,5)6/h7-12H2,1-6H3. The highest BCUT2D eigenvalue weighted by molar-refractivity contribution is 5.82. The van der Waals surface area contributed by atoms with Gasteiger partial charge in [0.15, 0.2) is 0 Å². The van der Waals surface area contributed by atoms with Crippen LogP contribution in [0.1, 0.15) is 54.4 Å². The van der Waals surface area contributed by atoms with Gasteiger partial charge in [0.1, 0.15) is 0 Å². The maximum Gasteiger partial charge on any atom is 0.228 e. The molecule has 1 rings (SSSR count). The molecule has 0 unspecified atom stereocenters. The number of rotatable bonds is 1. The van der Waals surface area contributed by atoms with Crippen LogP contribution in [0.25, 0.3) is 0 Å². The summed E-state index contributed by atoms with van der Waals surface area (Å²) in [6, 6.07) is 0. The van der Waals surface area contributed by atoms with Crippen LogP contribution in [0.4, 0.5) is 0 Å². The first-order valence-electron chi connectivity index (χ1n) is 7.58. The number of carbonyl (C=O) groups is 2. The van der Waals surface area contributed by atoms with Gasteiger partial charge in [-0.2, -0.15) is 0 Å². The van der Waals surface area contributed by atoms with Crippen molar-refractivity contribution in [1.29, 1.82) is 0 Å². The average molecular weight is 282 g/mol. The number of nitrogens with zero attached hydrogens (tertiary/aromatic N) is 2. The van der Waals surface area contributed by atoms with Crippen molar-refractivity contribution >= 4 is 11.8 Å². The smallest absolute Gasteiger partial charge is 0.228 e. The van der Waals surface area contributed by atoms with E-state index in [1.54, 1.807) is 0 Å². The fourth-order valence-corrected chi connectivity index (χ4v) is 2.41. The van der Waals surface area contributed by atoms with Crippen LogP contribution >= 0.6 is 0 Å². The van der Waals surface area contributed by atoms with E-state index in [2.05, 4.69) is 20.8 Å². The fourth-order valence-electron chi connectivity index (χ4n) is 2.41. The lowest BCUT2D eigenvalue weighted by Gasteiger charge is -2.29. The Morgan fingerprint density at radius 2 is 1.35 bits per heavy atom. The molecule has 20 heavy (non-hydrogen) atoms. The summed E-state index contributed by atoms with van der Waals surface area (Å²) in [5.74, 6) is 0.394. The van der Waals surface area contributed by atoms with Crippen molar-refractivity contribution in [3.63, 3.8) is 0 Å². The van der Waals surface area contributed by atoms with Crippen molar-refractivity contribution in [1.82, 2.24) is 9.80 Å². The largest absolute Gasteiger partial charge is 0.341 e. The first kappa shape index (κ1) is 17.0. The summed E-state index contributed by atoms with van der Waals surface area (Å²) in [7, 11) is 0. The normalized spacial score (nSPS) is 17.9. The van der Waals surface area contributed by atoms with Gasteiger partial charge in [0.25, 0.3) is 0 Å². The molecule has 116 valence electrons. The molecule has 0 spiro atoms. The lowest BCUT2D eigenvalue weighted by atomic mass is 9.91. The zero-order valence-electron chi connectivity index (χ0n) is 14.0. The molecule has 1 saturated heterocycles. The molecule has 0 aromatic rings.